The quantitative estimate of drug-likeness (QED) is 0.789. The van der Waals surface area contributed by atoms with Gasteiger partial charge < -0.3 is 10.1 Å². The molecule has 0 amide bonds. The number of ether oxygens (including phenoxy) is 1. The van der Waals surface area contributed by atoms with Crippen molar-refractivity contribution in [3.63, 3.8) is 0 Å². The molecule has 0 aromatic carbocycles. The molecule has 0 atom stereocenters. The van der Waals surface area contributed by atoms with Crippen LogP contribution in [-0.4, -0.2) is 34.4 Å². The van der Waals surface area contributed by atoms with Gasteiger partial charge in [0.1, 0.15) is 0 Å². The first kappa shape index (κ1) is 14.5. The van der Waals surface area contributed by atoms with Gasteiger partial charge in [0.25, 0.3) is 0 Å². The Morgan fingerprint density at radius 2 is 2.40 bits per heavy atom. The molecule has 0 aliphatic carbocycles. The van der Waals surface area contributed by atoms with Gasteiger partial charge >= 0.3 is 5.97 Å². The fourth-order valence-corrected chi connectivity index (χ4v) is 2.48. The van der Waals surface area contributed by atoms with Crippen molar-refractivity contribution < 1.29 is 9.53 Å². The Morgan fingerprint density at radius 1 is 1.55 bits per heavy atom. The van der Waals surface area contributed by atoms with Gasteiger partial charge in [0.05, 0.1) is 32.0 Å². The van der Waals surface area contributed by atoms with E-state index in [9.17, 15) is 4.79 Å². The van der Waals surface area contributed by atoms with E-state index >= 15 is 0 Å². The van der Waals surface area contributed by atoms with Crippen LogP contribution in [0.15, 0.2) is 17.8 Å². The summed E-state index contributed by atoms with van der Waals surface area (Å²) in [5.74, 6) is -0.207. The standard InChI is InChI=1S/C13H18N4O2S/c1-10-7-15-17(8-10)6-5-14-13-16-11(9-20-13)3-4-12(18)19-2/h7-9H,3-6H2,1-2H3,(H,14,16). The second kappa shape index (κ2) is 7.04. The maximum atomic E-state index is 11.1. The normalized spacial score (nSPS) is 10.5. The lowest BCUT2D eigenvalue weighted by Gasteiger charge is -2.02. The third-order valence-corrected chi connectivity index (χ3v) is 3.59. The minimum Gasteiger partial charge on any atom is -0.469 e. The van der Waals surface area contributed by atoms with Crippen LogP contribution in [0.1, 0.15) is 17.7 Å². The molecule has 0 aliphatic rings. The molecule has 0 aliphatic heterocycles. The summed E-state index contributed by atoms with van der Waals surface area (Å²) in [6.45, 7) is 3.58. The molecular formula is C13H18N4O2S. The zero-order valence-corrected chi connectivity index (χ0v) is 12.4. The van der Waals surface area contributed by atoms with E-state index < -0.39 is 0 Å². The van der Waals surface area contributed by atoms with Crippen molar-refractivity contribution in [1.29, 1.82) is 0 Å². The molecular weight excluding hydrogens is 276 g/mol. The lowest BCUT2D eigenvalue weighted by molar-refractivity contribution is -0.140. The van der Waals surface area contributed by atoms with E-state index in [4.69, 9.17) is 0 Å². The number of hydrogen-bond donors (Lipinski definition) is 1. The Morgan fingerprint density at radius 3 is 3.10 bits per heavy atom. The van der Waals surface area contributed by atoms with Crippen LogP contribution in [0.25, 0.3) is 0 Å². The van der Waals surface area contributed by atoms with Crippen molar-refractivity contribution in [3.8, 4) is 0 Å². The largest absolute Gasteiger partial charge is 0.469 e. The number of nitrogens with one attached hydrogen (secondary N) is 1. The number of anilines is 1. The molecule has 7 heteroatoms. The van der Waals surface area contributed by atoms with Gasteiger partial charge in [0.15, 0.2) is 5.13 Å². The Kier molecular flexibility index (Phi) is 5.11. The molecule has 2 rings (SSSR count). The van der Waals surface area contributed by atoms with Crippen LogP contribution in [-0.2, 0) is 22.5 Å². The first-order valence-electron chi connectivity index (χ1n) is 6.41. The van der Waals surface area contributed by atoms with Gasteiger partial charge in [-0.25, -0.2) is 4.98 Å². The van der Waals surface area contributed by atoms with Gasteiger partial charge in [-0.05, 0) is 12.5 Å². The average Bonchev–Trinajstić information content (AvgIpc) is 3.05. The van der Waals surface area contributed by atoms with Gasteiger partial charge in [0.2, 0.25) is 0 Å². The number of methoxy groups -OCH3 is 1. The first-order chi connectivity index (χ1) is 9.67. The van der Waals surface area contributed by atoms with Crippen molar-refractivity contribution in [2.24, 2.45) is 0 Å². The molecule has 108 valence electrons. The third kappa shape index (κ3) is 4.34. The summed E-state index contributed by atoms with van der Waals surface area (Å²) in [5.41, 5.74) is 2.07. The molecule has 0 unspecified atom stereocenters. The molecule has 0 radical (unpaired) electrons. The predicted octanol–water partition coefficient (Wildman–Crippen LogP) is 1.87. The number of nitrogens with zero attached hydrogens (tertiary/aromatic N) is 3. The summed E-state index contributed by atoms with van der Waals surface area (Å²) in [7, 11) is 1.40. The van der Waals surface area contributed by atoms with Gasteiger partial charge in [-0.2, -0.15) is 5.10 Å². The third-order valence-electron chi connectivity index (χ3n) is 2.74. The van der Waals surface area contributed by atoms with Crippen molar-refractivity contribution in [1.82, 2.24) is 14.8 Å². The molecule has 1 N–H and O–H groups in total. The zero-order chi connectivity index (χ0) is 14.4. The van der Waals surface area contributed by atoms with E-state index in [1.165, 1.54) is 7.11 Å². The average molecular weight is 294 g/mol. The SMILES string of the molecule is COC(=O)CCc1csc(NCCn2cc(C)cn2)n1. The lowest BCUT2D eigenvalue weighted by Crippen LogP contribution is -2.10. The summed E-state index contributed by atoms with van der Waals surface area (Å²) in [4.78, 5) is 15.5. The number of carbonyl (C=O) groups is 1. The molecule has 2 heterocycles. The number of thiazole rings is 1. The fourth-order valence-electron chi connectivity index (χ4n) is 1.70. The van der Waals surface area contributed by atoms with E-state index in [0.29, 0.717) is 12.8 Å². The highest BCUT2D eigenvalue weighted by atomic mass is 32.1. The molecule has 2 aromatic heterocycles. The second-order valence-corrected chi connectivity index (χ2v) is 5.29. The lowest BCUT2D eigenvalue weighted by atomic mass is 10.2. The monoisotopic (exact) mass is 294 g/mol. The zero-order valence-electron chi connectivity index (χ0n) is 11.6. The molecule has 2 aromatic rings. The fraction of sp³-hybridized carbons (Fsp3) is 0.462. The smallest absolute Gasteiger partial charge is 0.305 e. The van der Waals surface area contributed by atoms with Gasteiger partial charge in [-0.15, -0.1) is 11.3 Å². The molecule has 0 fully saturated rings. The van der Waals surface area contributed by atoms with E-state index in [1.54, 1.807) is 11.3 Å². The van der Waals surface area contributed by atoms with E-state index in [2.05, 4.69) is 20.1 Å². The van der Waals surface area contributed by atoms with Crippen LogP contribution < -0.4 is 5.32 Å². The van der Waals surface area contributed by atoms with Crippen LogP contribution >= 0.6 is 11.3 Å². The maximum Gasteiger partial charge on any atom is 0.305 e. The summed E-state index contributed by atoms with van der Waals surface area (Å²) >= 11 is 1.55. The highest BCUT2D eigenvalue weighted by Gasteiger charge is 2.05. The first-order valence-corrected chi connectivity index (χ1v) is 7.29. The summed E-state index contributed by atoms with van der Waals surface area (Å²) in [6, 6.07) is 0. The minimum atomic E-state index is -0.207. The summed E-state index contributed by atoms with van der Waals surface area (Å²) in [6.07, 6.45) is 4.83. The highest BCUT2D eigenvalue weighted by molar-refractivity contribution is 7.13. The van der Waals surface area contributed by atoms with Crippen molar-refractivity contribution in [2.75, 3.05) is 19.0 Å². The Bertz CT molecular complexity index is 564. The Labute approximate surface area is 121 Å². The van der Waals surface area contributed by atoms with Crippen molar-refractivity contribution in [3.05, 3.63) is 29.0 Å². The van der Waals surface area contributed by atoms with Crippen LogP contribution in [0, 0.1) is 6.92 Å². The van der Waals surface area contributed by atoms with Crippen LogP contribution in [0.5, 0.6) is 0 Å². The minimum absolute atomic E-state index is 0.207. The number of aryl methyl sites for hydroxylation is 2. The number of esters is 1. The van der Waals surface area contributed by atoms with Crippen LogP contribution in [0.2, 0.25) is 0 Å². The number of rotatable bonds is 7. The summed E-state index contributed by atoms with van der Waals surface area (Å²) in [5, 5.41) is 10.3. The van der Waals surface area contributed by atoms with Crippen molar-refractivity contribution in [2.45, 2.75) is 26.3 Å². The topological polar surface area (TPSA) is 69.0 Å². The molecule has 0 saturated heterocycles. The van der Waals surface area contributed by atoms with Crippen LogP contribution in [0.3, 0.4) is 0 Å². The van der Waals surface area contributed by atoms with E-state index in [-0.39, 0.29) is 5.97 Å². The van der Waals surface area contributed by atoms with Crippen molar-refractivity contribution >= 4 is 22.4 Å². The molecule has 0 spiro atoms. The molecule has 6 nitrogen and oxygen atoms in total. The predicted molar refractivity (Wildman–Crippen MR) is 77.9 cm³/mol. The van der Waals surface area contributed by atoms with Gasteiger partial charge in [-0.1, -0.05) is 0 Å². The second-order valence-electron chi connectivity index (χ2n) is 4.43. The number of aromatic nitrogens is 3. The van der Waals surface area contributed by atoms with Crippen LogP contribution in [0.4, 0.5) is 5.13 Å². The van der Waals surface area contributed by atoms with Gasteiger partial charge in [-0.3, -0.25) is 9.48 Å². The number of carbonyl (C=O) groups excluding carboxylic acids is 1. The summed E-state index contributed by atoms with van der Waals surface area (Å²) < 4.78 is 6.50. The molecule has 0 bridgehead atoms. The number of hydrogen-bond acceptors (Lipinski definition) is 6. The molecule has 0 saturated carbocycles. The Balaban J connectivity index is 1.73. The van der Waals surface area contributed by atoms with E-state index in [1.807, 2.05) is 29.4 Å². The highest BCUT2D eigenvalue weighted by Crippen LogP contribution is 2.16. The Hall–Kier alpha value is -1.89. The van der Waals surface area contributed by atoms with Gasteiger partial charge in [0, 0.05) is 24.5 Å². The maximum absolute atomic E-state index is 11.1. The molecule has 20 heavy (non-hydrogen) atoms. The van der Waals surface area contributed by atoms with E-state index in [0.717, 1.165) is 29.5 Å².